The summed E-state index contributed by atoms with van der Waals surface area (Å²) < 4.78 is 155. The number of fused-ring (bicyclic) bond motifs is 4. The number of alkyl carbamates (subject to hydrolysis) is 1. The highest BCUT2D eigenvalue weighted by Gasteiger charge is 2.52. The van der Waals surface area contributed by atoms with Crippen LogP contribution in [0.5, 0.6) is 17.6 Å². The Hall–Kier alpha value is -14.0. The number of hydrogen-bond acceptors (Lipinski definition) is 25. The van der Waals surface area contributed by atoms with Crippen molar-refractivity contribution < 1.29 is 97.2 Å². The molecule has 15 aromatic rings. The summed E-state index contributed by atoms with van der Waals surface area (Å²) in [5.41, 5.74) is 12.8. The van der Waals surface area contributed by atoms with Crippen LogP contribution in [0.2, 0.25) is 5.15 Å². The molecule has 4 amide bonds. The van der Waals surface area contributed by atoms with Gasteiger partial charge in [0.25, 0.3) is 0 Å². The molecule has 0 saturated carbocycles. The van der Waals surface area contributed by atoms with Crippen molar-refractivity contribution in [3.8, 4) is 40.2 Å². The number of aromatic nitrogens is 15. The van der Waals surface area contributed by atoms with Gasteiger partial charge in [-0.2, -0.15) is 18.3 Å². The fraction of sp³-hybridized carbons (Fsp3) is 0.320. The van der Waals surface area contributed by atoms with Crippen LogP contribution < -0.4 is 45.4 Å². The third-order valence-electron chi connectivity index (χ3n) is 23.1. The molecule has 4 fully saturated rings. The molecule has 0 radical (unpaired) electrons. The van der Waals surface area contributed by atoms with Gasteiger partial charge in [-0.3, -0.25) is 19.2 Å². The third-order valence-corrected chi connectivity index (χ3v) is 24.4. The van der Waals surface area contributed by atoms with E-state index in [1.165, 1.54) is 11.4 Å². The van der Waals surface area contributed by atoms with E-state index in [2.05, 4.69) is 92.5 Å². The summed E-state index contributed by atoms with van der Waals surface area (Å²) in [6, 6.07) is 41.8. The molecule has 4 unspecified atom stereocenters. The van der Waals surface area contributed by atoms with Gasteiger partial charge in [-0.15, -0.1) is 15.3 Å². The average molecular weight is 2150 g/mol. The number of rotatable bonds is 19. The molecule has 4 aliphatic heterocycles. The molecular formula is C100H100BBr2ClF8N20O13. The van der Waals surface area contributed by atoms with Gasteiger partial charge in [0.1, 0.15) is 73.0 Å². The van der Waals surface area contributed by atoms with Gasteiger partial charge >= 0.3 is 19.2 Å². The number of anilines is 3. The van der Waals surface area contributed by atoms with Gasteiger partial charge in [0, 0.05) is 102 Å². The number of nitrogens with one attached hydrogen (secondary N) is 1. The zero-order valence-corrected chi connectivity index (χ0v) is 84.7. The monoisotopic (exact) mass is 2140 g/mol. The number of ether oxygens (including phenoxy) is 5. The summed E-state index contributed by atoms with van der Waals surface area (Å²) >= 11 is 12.2. The summed E-state index contributed by atoms with van der Waals surface area (Å²) in [4.78, 5) is 93.2. The van der Waals surface area contributed by atoms with Crippen molar-refractivity contribution in [1.29, 1.82) is 0 Å². The van der Waals surface area contributed by atoms with Crippen LogP contribution in [0.25, 0.3) is 45.1 Å². The number of carbonyl (C=O) groups is 5. The Kier molecular flexibility index (Phi) is 33.2. The summed E-state index contributed by atoms with van der Waals surface area (Å²) in [6.07, 6.45) is 6.25. The minimum absolute atomic E-state index is 0.00508. The van der Waals surface area contributed by atoms with Gasteiger partial charge < -0.3 is 63.8 Å². The Balaban J connectivity index is 0.000000145. The lowest BCUT2D eigenvalue weighted by Crippen LogP contribution is -2.41. The number of amides is 4. The zero-order valence-electron chi connectivity index (χ0n) is 80.8. The van der Waals surface area contributed by atoms with E-state index in [4.69, 9.17) is 55.4 Å². The highest BCUT2D eigenvalue weighted by Crippen LogP contribution is 2.39. The number of halogens is 11. The van der Waals surface area contributed by atoms with Gasteiger partial charge in [0.2, 0.25) is 53.2 Å². The van der Waals surface area contributed by atoms with Gasteiger partial charge in [-0.1, -0.05) is 48.0 Å². The first-order valence-corrected chi connectivity index (χ1v) is 47.5. The molecule has 4 N–H and O–H groups in total. The molecule has 4 aromatic carbocycles. The van der Waals surface area contributed by atoms with Crippen LogP contribution in [0.1, 0.15) is 169 Å². The van der Waals surface area contributed by atoms with Crippen LogP contribution in [0.3, 0.4) is 0 Å². The predicted octanol–water partition coefficient (Wildman–Crippen LogP) is 18.7. The average Bonchev–Trinajstić information content (AvgIpc) is 1.61. The van der Waals surface area contributed by atoms with Crippen LogP contribution in [0, 0.1) is 52.8 Å². The lowest BCUT2D eigenvalue weighted by atomic mass is 9.79. The largest absolute Gasteiger partial charge is 0.494 e. The fourth-order valence-corrected chi connectivity index (χ4v) is 16.3. The normalized spacial score (nSPS) is 16.7. The summed E-state index contributed by atoms with van der Waals surface area (Å²) in [6.45, 7) is 26.4. The maximum absolute atomic E-state index is 14.2. The van der Waals surface area contributed by atoms with E-state index in [-0.39, 0.29) is 94.4 Å². The van der Waals surface area contributed by atoms with E-state index in [1.54, 1.807) is 143 Å². The molecule has 145 heavy (non-hydrogen) atoms. The maximum atomic E-state index is 14.2. The first-order chi connectivity index (χ1) is 68.5. The molecule has 33 nitrogen and oxygen atoms in total. The topological polar surface area (TPSA) is 377 Å². The molecule has 4 saturated heterocycles. The number of hydrogen-bond donors (Lipinski definition) is 3. The second-order valence-corrected chi connectivity index (χ2v) is 39.1. The molecule has 4 aliphatic rings. The van der Waals surface area contributed by atoms with Crippen molar-refractivity contribution >= 4 is 125 Å². The van der Waals surface area contributed by atoms with E-state index in [0.29, 0.717) is 70.6 Å². The number of aliphatic hydroxyl groups excluding tert-OH is 1. The summed E-state index contributed by atoms with van der Waals surface area (Å²) in [7, 11) is -0.440. The van der Waals surface area contributed by atoms with Crippen molar-refractivity contribution in [2.24, 2.45) is 11.7 Å². The Morgan fingerprint density at radius 1 is 0.476 bits per heavy atom. The molecule has 19 rings (SSSR count). The van der Waals surface area contributed by atoms with Gasteiger partial charge in [-0.05, 0) is 243 Å². The van der Waals surface area contributed by atoms with Crippen molar-refractivity contribution in [1.82, 2.24) is 78.7 Å². The predicted molar refractivity (Wildman–Crippen MR) is 528 cm³/mol. The lowest BCUT2D eigenvalue weighted by Gasteiger charge is -2.32. The van der Waals surface area contributed by atoms with Crippen LogP contribution in [0.4, 0.5) is 57.0 Å². The molecule has 0 bridgehead atoms. The molecule has 0 spiro atoms. The maximum Gasteiger partial charge on any atom is 0.494 e. The van der Waals surface area contributed by atoms with Crippen molar-refractivity contribution in [2.45, 2.75) is 182 Å². The fourth-order valence-electron chi connectivity index (χ4n) is 15.4. The molecule has 15 heterocycles. The standard InChI is InChI=1S/C30H30F2N4O4.C23H20F2N6O2.C21H31BN2O5.C13H9BrF2N4O.C7H7F2NO.C6H3BrClN3/c1-18(23-15-21(31)7-10-24(23)32)39-27-12-11-26-33-16-25(36(26)34-27)20-5-8-22(9-6-20)35-17-19(13-28(35)37)14-29(38)40-30(2,3)4;1-13(18-8-15(24)10-28-23(18)25)33-21-7-6-20-27-11-19(31(20)29-21)14-2-4-17(5-3-14)30-12-16(26)9-22(30)32;1-19(2,3)27-18(26)23-15-12-17(25)24(13-15)16-10-8-14(9-11-16)22-28-20(4,5)21(6,7)29-22;1-7(9-4-8(15)5-18-13(9)16)21-12-3-2-11-17-6-10(14)20(11)19-12;1-4(11)6-2-5(8)3-10-7(6)9;7-4-3-9-6-2-1-5(8)10-11(4)6/h5-12,15-16,18-19H,13-14,17H2,1-4H3;2-8,10-11,13,16H,9,12,26H2,1H3;8-11,15H,12-13H2,1-7H3,(H,23,26);2-7H,1H3;2-4,11H,1H3;1-3H/t18?,19-;13?,16-;15-;;;/m100.../s1. The highest BCUT2D eigenvalue weighted by molar-refractivity contribution is 9.10. The number of nitrogens with zero attached hydrogens (tertiary/aromatic N) is 18. The summed E-state index contributed by atoms with van der Waals surface area (Å²) in [5, 5.41) is 29.3. The van der Waals surface area contributed by atoms with Crippen molar-refractivity contribution in [2.75, 3.05) is 34.3 Å². The van der Waals surface area contributed by atoms with Crippen molar-refractivity contribution in [3.05, 3.63) is 285 Å². The Morgan fingerprint density at radius 3 is 1.32 bits per heavy atom. The van der Waals surface area contributed by atoms with E-state index in [0.717, 1.165) is 98.9 Å². The number of benzene rings is 4. The first kappa shape index (κ1) is 107. The second-order valence-electron chi connectivity index (χ2n) is 37.1. The molecule has 758 valence electrons. The number of esters is 1. The SMILES string of the molecule is CC(C)(C)OC(=O)N[C@H]1CC(=O)N(c2ccc(B3OC(C)(C)C(C)(C)O3)cc2)C1.CC(O)c1cc(F)cnc1F.CC(Oc1ccc2ncc(-c3ccc(N4C[C@@H](CC(=O)OC(C)(C)C)CC4=O)cc3)n2n1)c1cc(F)ccc1F.CC(Oc1ccc2ncc(-c3ccc(N4C[C@@H](N)CC4=O)cc3)n2n1)c1cc(F)cnc1F.CC(Oc1ccc2ncc(Br)n2n1)c1cc(F)cnc1F.Clc1ccc2ncc(Br)n2n1. The van der Waals surface area contributed by atoms with Crippen LogP contribution >= 0.6 is 43.5 Å². The number of pyridine rings is 3. The van der Waals surface area contributed by atoms with E-state index in [9.17, 15) is 59.1 Å². The second kappa shape index (κ2) is 45.1. The quantitative estimate of drug-likeness (QED) is 0.0293. The first-order valence-electron chi connectivity index (χ1n) is 45.5. The number of aliphatic hydroxyl groups is 1. The highest BCUT2D eigenvalue weighted by atomic mass is 79.9. The van der Waals surface area contributed by atoms with E-state index < -0.39 is 107 Å². The van der Waals surface area contributed by atoms with Gasteiger partial charge in [-0.25, -0.2) is 79.7 Å². The smallest absolute Gasteiger partial charge is 0.469 e. The van der Waals surface area contributed by atoms with Gasteiger partial charge in [0.05, 0.1) is 95.7 Å². The molecular weight excluding hydrogens is 2050 g/mol. The molecule has 0 aliphatic carbocycles. The molecule has 11 aromatic heterocycles. The van der Waals surface area contributed by atoms with Crippen molar-refractivity contribution in [3.63, 3.8) is 0 Å². The number of imidazole rings is 4. The lowest BCUT2D eigenvalue weighted by molar-refractivity contribution is -0.155. The van der Waals surface area contributed by atoms with Crippen LogP contribution in [0.15, 0.2) is 210 Å². The third kappa shape index (κ3) is 27.0. The zero-order chi connectivity index (χ0) is 105. The number of carbonyl (C=O) groups excluding carboxylic acids is 5. The van der Waals surface area contributed by atoms with E-state index in [1.807, 2.05) is 121 Å². The van der Waals surface area contributed by atoms with Gasteiger partial charge in [0.15, 0.2) is 22.6 Å². The summed E-state index contributed by atoms with van der Waals surface area (Å²) in [5.74, 6) is -5.22. The van der Waals surface area contributed by atoms with Crippen LogP contribution in [-0.2, 0) is 38.0 Å². The van der Waals surface area contributed by atoms with E-state index >= 15 is 0 Å². The Morgan fingerprint density at radius 2 is 0.869 bits per heavy atom. The minimum Gasteiger partial charge on any atom is -0.469 e. The minimum atomic E-state index is -1.03. The Bertz CT molecular complexity index is 7220. The van der Waals surface area contributed by atoms with Crippen LogP contribution in [-0.4, -0.2) is 169 Å². The number of nitrogens with two attached hydrogens (primary N) is 1. The molecule has 7 atom stereocenters. The Labute approximate surface area is 848 Å². The molecule has 45 heteroatoms.